The summed E-state index contributed by atoms with van der Waals surface area (Å²) in [6.07, 6.45) is 3.18. The summed E-state index contributed by atoms with van der Waals surface area (Å²) in [5.41, 5.74) is 7.41. The van der Waals surface area contributed by atoms with Crippen molar-refractivity contribution >= 4 is 27.4 Å². The van der Waals surface area contributed by atoms with Crippen LogP contribution in [0.4, 0.5) is 16.3 Å². The number of aromatic nitrogens is 2. The number of rotatable bonds is 5. The maximum atomic E-state index is 11.7. The van der Waals surface area contributed by atoms with Crippen LogP contribution in [0.2, 0.25) is 0 Å². The van der Waals surface area contributed by atoms with Crippen molar-refractivity contribution in [3.63, 3.8) is 0 Å². The number of hydrogen-bond donors (Lipinski definition) is 3. The number of nitrogens with one attached hydrogen (secondary N) is 2. The van der Waals surface area contributed by atoms with Gasteiger partial charge in [-0.05, 0) is 37.1 Å². The third-order valence-electron chi connectivity index (χ3n) is 3.52. The Balaban J connectivity index is 1.76. The highest BCUT2D eigenvalue weighted by atomic mass is 32.2. The van der Waals surface area contributed by atoms with Crippen molar-refractivity contribution in [3.05, 3.63) is 36.0 Å². The molecule has 4 N–H and O–H groups in total. The highest BCUT2D eigenvalue weighted by Gasteiger charge is 2.23. The molecule has 0 unspecified atom stereocenters. The number of sulfone groups is 1. The number of amides is 2. The Bertz CT molecular complexity index is 892. The molecule has 1 fully saturated rings. The Hall–Kier alpha value is -2.68. The van der Waals surface area contributed by atoms with Gasteiger partial charge in [-0.3, -0.25) is 0 Å². The predicted octanol–water partition coefficient (Wildman–Crippen LogP) is 1.55. The van der Waals surface area contributed by atoms with E-state index in [4.69, 9.17) is 5.73 Å². The van der Waals surface area contributed by atoms with Crippen molar-refractivity contribution in [1.82, 2.24) is 15.3 Å². The number of carbonyl (C=O) groups is 1. The van der Waals surface area contributed by atoms with Crippen molar-refractivity contribution in [2.75, 3.05) is 17.3 Å². The van der Waals surface area contributed by atoms with E-state index in [1.807, 2.05) is 0 Å². The quantitative estimate of drug-likeness (QED) is 0.741. The molecule has 0 spiro atoms. The summed E-state index contributed by atoms with van der Waals surface area (Å²) >= 11 is 0. The Morgan fingerprint density at radius 2 is 1.92 bits per heavy atom. The lowest BCUT2D eigenvalue weighted by Crippen LogP contribution is -2.30. The van der Waals surface area contributed by atoms with Crippen LogP contribution in [-0.2, 0) is 15.6 Å². The molecule has 0 atom stereocenters. The Kier molecular flexibility index (Phi) is 4.58. The molecule has 8 nitrogen and oxygen atoms in total. The summed E-state index contributed by atoms with van der Waals surface area (Å²) in [7, 11) is -3.22. The van der Waals surface area contributed by atoms with Gasteiger partial charge in [-0.2, -0.15) is 0 Å². The minimum atomic E-state index is -3.22. The van der Waals surface area contributed by atoms with Crippen LogP contribution < -0.4 is 16.4 Å². The number of hydrogen-bond acceptors (Lipinski definition) is 6. The van der Waals surface area contributed by atoms with Crippen LogP contribution in [0.15, 0.2) is 30.3 Å². The summed E-state index contributed by atoms with van der Waals surface area (Å²) < 4.78 is 22.9. The molecule has 1 aromatic heterocycles. The molecule has 2 amide bonds. The van der Waals surface area contributed by atoms with Gasteiger partial charge in [0.05, 0.1) is 11.4 Å². The smallest absolute Gasteiger partial charge is 0.319 e. The van der Waals surface area contributed by atoms with E-state index in [2.05, 4.69) is 20.6 Å². The Labute approximate surface area is 145 Å². The van der Waals surface area contributed by atoms with Crippen molar-refractivity contribution in [1.29, 1.82) is 0 Å². The fourth-order valence-electron chi connectivity index (χ4n) is 2.27. The molecule has 2 aromatic rings. The van der Waals surface area contributed by atoms with Crippen molar-refractivity contribution in [3.8, 4) is 11.4 Å². The molecular formula is C16H19N5O3S. The first-order valence-electron chi connectivity index (χ1n) is 7.77. The van der Waals surface area contributed by atoms with E-state index in [9.17, 15) is 13.2 Å². The number of carbonyl (C=O) groups excluding carboxylic acids is 1. The molecule has 1 heterocycles. The molecular weight excluding hydrogens is 342 g/mol. The summed E-state index contributed by atoms with van der Waals surface area (Å²) in [5, 5.41) is 5.59. The maximum absolute atomic E-state index is 11.7. The van der Waals surface area contributed by atoms with Gasteiger partial charge < -0.3 is 16.4 Å². The second-order valence-corrected chi connectivity index (χ2v) is 8.27. The van der Waals surface area contributed by atoms with Crippen LogP contribution in [0.25, 0.3) is 11.4 Å². The number of nitrogens with zero attached hydrogens (tertiary/aromatic N) is 2. The maximum Gasteiger partial charge on any atom is 0.319 e. The molecule has 132 valence electrons. The molecule has 0 bridgehead atoms. The summed E-state index contributed by atoms with van der Waals surface area (Å²) in [6.45, 7) is 0. The van der Waals surface area contributed by atoms with Crippen LogP contribution in [0.5, 0.6) is 0 Å². The summed E-state index contributed by atoms with van der Waals surface area (Å²) in [5.74, 6) is 0.343. The van der Waals surface area contributed by atoms with Gasteiger partial charge in [0.15, 0.2) is 15.7 Å². The second kappa shape index (κ2) is 6.67. The standard InChI is InChI=1S/C16H19N5O3S/c1-25(23,24)9-13-8-14(17)21-15(18-13)10-2-4-11(5-3-10)19-16(22)20-12-6-7-12/h2-5,8,12H,6-7,9H2,1H3,(H2,17,18,21)(H2,19,20,22). The molecule has 0 aliphatic heterocycles. The lowest BCUT2D eigenvalue weighted by Gasteiger charge is -2.08. The average molecular weight is 361 g/mol. The number of nitrogens with two attached hydrogens (primary N) is 1. The first-order valence-corrected chi connectivity index (χ1v) is 9.84. The zero-order chi connectivity index (χ0) is 18.0. The fourth-order valence-corrected chi connectivity index (χ4v) is 2.96. The SMILES string of the molecule is CS(=O)(=O)Cc1cc(N)nc(-c2ccc(NC(=O)NC3CC3)cc2)n1. The van der Waals surface area contributed by atoms with E-state index in [0.717, 1.165) is 19.1 Å². The Morgan fingerprint density at radius 3 is 2.52 bits per heavy atom. The highest BCUT2D eigenvalue weighted by Crippen LogP contribution is 2.21. The zero-order valence-corrected chi connectivity index (χ0v) is 14.5. The summed E-state index contributed by atoms with van der Waals surface area (Å²) in [4.78, 5) is 20.1. The average Bonchev–Trinajstić information content (AvgIpc) is 3.29. The van der Waals surface area contributed by atoms with E-state index >= 15 is 0 Å². The first-order chi connectivity index (χ1) is 11.8. The Morgan fingerprint density at radius 1 is 1.24 bits per heavy atom. The van der Waals surface area contributed by atoms with Gasteiger partial charge in [0.25, 0.3) is 0 Å². The van der Waals surface area contributed by atoms with Crippen molar-refractivity contribution < 1.29 is 13.2 Å². The van der Waals surface area contributed by atoms with Crippen LogP contribution in [0, 0.1) is 0 Å². The van der Waals surface area contributed by atoms with Crippen LogP contribution >= 0.6 is 0 Å². The van der Waals surface area contributed by atoms with E-state index < -0.39 is 9.84 Å². The van der Waals surface area contributed by atoms with Crippen molar-refractivity contribution in [2.45, 2.75) is 24.6 Å². The zero-order valence-electron chi connectivity index (χ0n) is 13.7. The van der Waals surface area contributed by atoms with Crippen molar-refractivity contribution in [2.24, 2.45) is 0 Å². The van der Waals surface area contributed by atoms with Gasteiger partial charge in [-0.25, -0.2) is 23.2 Å². The fraction of sp³-hybridized carbons (Fsp3) is 0.312. The minimum absolute atomic E-state index is 0.201. The number of nitrogen functional groups attached to an aromatic ring is 1. The molecule has 25 heavy (non-hydrogen) atoms. The molecule has 3 rings (SSSR count). The molecule has 0 radical (unpaired) electrons. The van der Waals surface area contributed by atoms with E-state index in [1.54, 1.807) is 24.3 Å². The van der Waals surface area contributed by atoms with Gasteiger partial charge in [-0.1, -0.05) is 0 Å². The van der Waals surface area contributed by atoms with E-state index in [0.29, 0.717) is 22.8 Å². The van der Waals surface area contributed by atoms with E-state index in [1.165, 1.54) is 6.07 Å². The predicted molar refractivity (Wildman–Crippen MR) is 95.6 cm³/mol. The lowest BCUT2D eigenvalue weighted by atomic mass is 10.2. The third kappa shape index (κ3) is 5.15. The molecule has 1 aliphatic rings. The van der Waals surface area contributed by atoms with Crippen LogP contribution in [-0.4, -0.2) is 36.7 Å². The molecule has 9 heteroatoms. The second-order valence-electron chi connectivity index (χ2n) is 6.13. The molecule has 1 aromatic carbocycles. The highest BCUT2D eigenvalue weighted by molar-refractivity contribution is 7.89. The number of benzene rings is 1. The third-order valence-corrected chi connectivity index (χ3v) is 4.34. The molecule has 1 aliphatic carbocycles. The normalized spacial score (nSPS) is 14.1. The monoisotopic (exact) mass is 361 g/mol. The van der Waals surface area contributed by atoms with Gasteiger partial charge in [0.1, 0.15) is 5.82 Å². The summed E-state index contributed by atoms with van der Waals surface area (Å²) in [6, 6.07) is 8.44. The molecule has 1 saturated carbocycles. The minimum Gasteiger partial charge on any atom is -0.384 e. The number of urea groups is 1. The number of anilines is 2. The van der Waals surface area contributed by atoms with Gasteiger partial charge in [0.2, 0.25) is 0 Å². The topological polar surface area (TPSA) is 127 Å². The van der Waals surface area contributed by atoms with Gasteiger partial charge in [-0.15, -0.1) is 0 Å². The first kappa shape index (κ1) is 17.2. The largest absolute Gasteiger partial charge is 0.384 e. The van der Waals surface area contributed by atoms with Gasteiger partial charge >= 0.3 is 6.03 Å². The van der Waals surface area contributed by atoms with Crippen LogP contribution in [0.1, 0.15) is 18.5 Å². The lowest BCUT2D eigenvalue weighted by molar-refractivity contribution is 0.251. The van der Waals surface area contributed by atoms with E-state index in [-0.39, 0.29) is 23.6 Å². The van der Waals surface area contributed by atoms with Gasteiger partial charge in [0, 0.05) is 29.6 Å². The molecule has 0 saturated heterocycles. The van der Waals surface area contributed by atoms with Crippen LogP contribution in [0.3, 0.4) is 0 Å².